The maximum atomic E-state index is 11.9. The maximum absolute atomic E-state index is 11.9. The lowest BCUT2D eigenvalue weighted by Gasteiger charge is -2.09. The minimum absolute atomic E-state index is 0.0148. The number of hydrogen-bond donors (Lipinski definition) is 2. The van der Waals surface area contributed by atoms with Gasteiger partial charge in [-0.3, -0.25) is 9.59 Å². The van der Waals surface area contributed by atoms with E-state index in [1.807, 2.05) is 0 Å². The highest BCUT2D eigenvalue weighted by molar-refractivity contribution is 5.96. The van der Waals surface area contributed by atoms with Gasteiger partial charge in [0.15, 0.2) is 0 Å². The quantitative estimate of drug-likeness (QED) is 0.803. The standard InChI is InChI=1S/C16H22N2O3/c1-11(2)10-21-14-7-3-12(4-8-14)16(20)17-9-15(19)18-13-5-6-13/h3-4,7-8,11,13H,5-6,9-10H2,1-2H3,(H,17,20)(H,18,19). The second kappa shape index (κ2) is 7.11. The van der Waals surface area contributed by atoms with Crippen LogP contribution in [0.4, 0.5) is 0 Å². The van der Waals surface area contributed by atoms with Crippen LogP contribution in [0.25, 0.3) is 0 Å². The maximum Gasteiger partial charge on any atom is 0.251 e. The first kappa shape index (κ1) is 15.4. The highest BCUT2D eigenvalue weighted by atomic mass is 16.5. The van der Waals surface area contributed by atoms with Crippen molar-refractivity contribution in [2.24, 2.45) is 5.92 Å². The molecular formula is C16H22N2O3. The van der Waals surface area contributed by atoms with E-state index in [0.717, 1.165) is 18.6 Å². The summed E-state index contributed by atoms with van der Waals surface area (Å²) in [4.78, 5) is 23.4. The normalized spacial score (nSPS) is 13.9. The average Bonchev–Trinajstić information content (AvgIpc) is 3.27. The van der Waals surface area contributed by atoms with Crippen molar-refractivity contribution in [1.29, 1.82) is 0 Å². The second-order valence-corrected chi connectivity index (χ2v) is 5.75. The number of carbonyl (C=O) groups excluding carboxylic acids is 2. The van der Waals surface area contributed by atoms with Crippen molar-refractivity contribution in [3.05, 3.63) is 29.8 Å². The Labute approximate surface area is 125 Å². The van der Waals surface area contributed by atoms with Crippen LogP contribution >= 0.6 is 0 Å². The van der Waals surface area contributed by atoms with Gasteiger partial charge in [-0.1, -0.05) is 13.8 Å². The molecular weight excluding hydrogens is 268 g/mol. The zero-order valence-corrected chi connectivity index (χ0v) is 12.5. The largest absolute Gasteiger partial charge is 0.493 e. The molecule has 1 aliphatic rings. The Bertz CT molecular complexity index is 493. The molecule has 0 unspecified atom stereocenters. The summed E-state index contributed by atoms with van der Waals surface area (Å²) >= 11 is 0. The molecule has 2 rings (SSSR count). The van der Waals surface area contributed by atoms with E-state index in [9.17, 15) is 9.59 Å². The predicted molar refractivity (Wildman–Crippen MR) is 80.3 cm³/mol. The third-order valence-corrected chi connectivity index (χ3v) is 3.05. The van der Waals surface area contributed by atoms with E-state index >= 15 is 0 Å². The van der Waals surface area contributed by atoms with Gasteiger partial charge in [-0.15, -0.1) is 0 Å². The van der Waals surface area contributed by atoms with Crippen molar-refractivity contribution >= 4 is 11.8 Å². The number of nitrogens with one attached hydrogen (secondary N) is 2. The zero-order chi connectivity index (χ0) is 15.2. The van der Waals surface area contributed by atoms with Gasteiger partial charge in [-0.05, 0) is 43.0 Å². The number of benzene rings is 1. The molecule has 1 saturated carbocycles. The third kappa shape index (κ3) is 5.45. The molecule has 0 aliphatic heterocycles. The highest BCUT2D eigenvalue weighted by Gasteiger charge is 2.23. The van der Waals surface area contributed by atoms with Gasteiger partial charge in [0.25, 0.3) is 5.91 Å². The van der Waals surface area contributed by atoms with Crippen molar-refractivity contribution in [2.75, 3.05) is 13.2 Å². The molecule has 5 heteroatoms. The molecule has 1 aromatic carbocycles. The van der Waals surface area contributed by atoms with E-state index in [0.29, 0.717) is 24.1 Å². The van der Waals surface area contributed by atoms with Crippen LogP contribution in [-0.4, -0.2) is 31.0 Å². The van der Waals surface area contributed by atoms with Gasteiger partial charge in [0.1, 0.15) is 5.75 Å². The topological polar surface area (TPSA) is 67.4 Å². The van der Waals surface area contributed by atoms with Gasteiger partial charge in [0, 0.05) is 11.6 Å². The number of carbonyl (C=O) groups is 2. The molecule has 0 bridgehead atoms. The molecule has 1 aliphatic carbocycles. The van der Waals surface area contributed by atoms with Crippen LogP contribution in [0.1, 0.15) is 37.0 Å². The summed E-state index contributed by atoms with van der Waals surface area (Å²) in [5, 5.41) is 5.43. The fourth-order valence-electron chi connectivity index (χ4n) is 1.73. The summed E-state index contributed by atoms with van der Waals surface area (Å²) in [5.74, 6) is 0.809. The van der Waals surface area contributed by atoms with Crippen LogP contribution in [-0.2, 0) is 4.79 Å². The van der Waals surface area contributed by atoms with E-state index in [2.05, 4.69) is 24.5 Å². The fourth-order valence-corrected chi connectivity index (χ4v) is 1.73. The molecule has 2 amide bonds. The summed E-state index contributed by atoms with van der Waals surface area (Å²) in [6.07, 6.45) is 2.08. The minimum Gasteiger partial charge on any atom is -0.493 e. The van der Waals surface area contributed by atoms with E-state index < -0.39 is 0 Å². The SMILES string of the molecule is CC(C)COc1ccc(C(=O)NCC(=O)NC2CC2)cc1. The summed E-state index contributed by atoms with van der Waals surface area (Å²) in [6, 6.07) is 7.24. The van der Waals surface area contributed by atoms with Crippen LogP contribution < -0.4 is 15.4 Å². The molecule has 0 radical (unpaired) electrons. The van der Waals surface area contributed by atoms with Gasteiger partial charge >= 0.3 is 0 Å². The molecule has 21 heavy (non-hydrogen) atoms. The predicted octanol–water partition coefficient (Wildman–Crippen LogP) is 1.73. The third-order valence-electron chi connectivity index (χ3n) is 3.05. The molecule has 1 aromatic rings. The number of rotatable bonds is 7. The number of ether oxygens (including phenoxy) is 1. The van der Waals surface area contributed by atoms with Crippen molar-refractivity contribution in [2.45, 2.75) is 32.7 Å². The molecule has 0 aromatic heterocycles. The van der Waals surface area contributed by atoms with Crippen molar-refractivity contribution in [3.8, 4) is 5.75 Å². The van der Waals surface area contributed by atoms with Crippen LogP contribution in [0.5, 0.6) is 5.75 Å². The van der Waals surface area contributed by atoms with E-state index in [1.54, 1.807) is 24.3 Å². The summed E-state index contributed by atoms with van der Waals surface area (Å²) in [7, 11) is 0. The second-order valence-electron chi connectivity index (χ2n) is 5.75. The lowest BCUT2D eigenvalue weighted by atomic mass is 10.2. The van der Waals surface area contributed by atoms with Gasteiger partial charge < -0.3 is 15.4 Å². The Morgan fingerprint density at radius 3 is 2.48 bits per heavy atom. The molecule has 1 fully saturated rings. The van der Waals surface area contributed by atoms with Gasteiger partial charge in [0.05, 0.1) is 13.2 Å². The van der Waals surface area contributed by atoms with Crippen LogP contribution in [0.2, 0.25) is 0 Å². The number of amides is 2. The molecule has 2 N–H and O–H groups in total. The molecule has 0 heterocycles. The minimum atomic E-state index is -0.253. The first-order chi connectivity index (χ1) is 10.0. The lowest BCUT2D eigenvalue weighted by Crippen LogP contribution is -2.37. The molecule has 5 nitrogen and oxygen atoms in total. The van der Waals surface area contributed by atoms with E-state index in [4.69, 9.17) is 4.74 Å². The Kier molecular flexibility index (Phi) is 5.20. The first-order valence-electron chi connectivity index (χ1n) is 7.35. The summed E-state index contributed by atoms with van der Waals surface area (Å²) in [5.41, 5.74) is 0.520. The van der Waals surface area contributed by atoms with Gasteiger partial charge in [-0.25, -0.2) is 0 Å². The Hall–Kier alpha value is -2.04. The molecule has 114 valence electrons. The molecule has 0 spiro atoms. The van der Waals surface area contributed by atoms with Crippen LogP contribution in [0.3, 0.4) is 0 Å². The summed E-state index contributed by atoms with van der Waals surface area (Å²) < 4.78 is 5.56. The van der Waals surface area contributed by atoms with Crippen molar-refractivity contribution in [3.63, 3.8) is 0 Å². The van der Waals surface area contributed by atoms with E-state index in [-0.39, 0.29) is 18.4 Å². The number of hydrogen-bond acceptors (Lipinski definition) is 3. The summed E-state index contributed by atoms with van der Waals surface area (Å²) in [6.45, 7) is 4.82. The van der Waals surface area contributed by atoms with Gasteiger partial charge in [0.2, 0.25) is 5.91 Å². The van der Waals surface area contributed by atoms with Crippen molar-refractivity contribution in [1.82, 2.24) is 10.6 Å². The fraction of sp³-hybridized carbons (Fsp3) is 0.500. The van der Waals surface area contributed by atoms with E-state index in [1.165, 1.54) is 0 Å². The Morgan fingerprint density at radius 1 is 1.24 bits per heavy atom. The first-order valence-corrected chi connectivity index (χ1v) is 7.35. The molecule has 0 atom stereocenters. The van der Waals surface area contributed by atoms with Crippen molar-refractivity contribution < 1.29 is 14.3 Å². The average molecular weight is 290 g/mol. The molecule has 0 saturated heterocycles. The smallest absolute Gasteiger partial charge is 0.251 e. The lowest BCUT2D eigenvalue weighted by molar-refractivity contribution is -0.120. The van der Waals surface area contributed by atoms with Gasteiger partial charge in [-0.2, -0.15) is 0 Å². The highest BCUT2D eigenvalue weighted by Crippen LogP contribution is 2.18. The zero-order valence-electron chi connectivity index (χ0n) is 12.5. The van der Waals surface area contributed by atoms with Crippen LogP contribution in [0, 0.1) is 5.92 Å². The monoisotopic (exact) mass is 290 g/mol. The van der Waals surface area contributed by atoms with Crippen LogP contribution in [0.15, 0.2) is 24.3 Å². The Balaban J connectivity index is 1.77. The Morgan fingerprint density at radius 2 is 1.90 bits per heavy atom.